The summed E-state index contributed by atoms with van der Waals surface area (Å²) >= 11 is 11.2. The number of carbonyl (C=O) groups excluding carboxylic acids is 4. The molecular formula is C46H53BCl2F6N4NaO9. The number of pyridine rings is 2. The zero-order valence-corrected chi connectivity index (χ0v) is 42.9. The first-order valence-electron chi connectivity index (χ1n) is 20.7. The van der Waals surface area contributed by atoms with Gasteiger partial charge in [0.15, 0.2) is 0 Å². The van der Waals surface area contributed by atoms with E-state index in [-0.39, 0.29) is 50.7 Å². The third kappa shape index (κ3) is 20.6. The minimum absolute atomic E-state index is 0. The molecule has 23 heteroatoms. The van der Waals surface area contributed by atoms with Crippen molar-refractivity contribution in [3.8, 4) is 0 Å². The first-order valence-corrected chi connectivity index (χ1v) is 21.5. The Bertz CT molecular complexity index is 2320. The molecule has 2 aromatic heterocycles. The maximum Gasteiger partial charge on any atom is 1.00 e. The van der Waals surface area contributed by atoms with E-state index in [9.17, 15) is 55.7 Å². The molecule has 3 N–H and O–H groups in total. The van der Waals surface area contributed by atoms with E-state index in [1.165, 1.54) is 36.8 Å². The number of halogens is 8. The smallest absolute Gasteiger partial charge is 0.793 e. The molecule has 371 valence electrons. The van der Waals surface area contributed by atoms with E-state index in [0.717, 1.165) is 66.9 Å². The Morgan fingerprint density at radius 3 is 1.51 bits per heavy atom. The molecule has 2 saturated heterocycles. The molecule has 2 aliphatic rings. The molecule has 0 bridgehead atoms. The van der Waals surface area contributed by atoms with Gasteiger partial charge in [-0.25, -0.2) is 19.4 Å². The Morgan fingerprint density at radius 2 is 1.13 bits per heavy atom. The van der Waals surface area contributed by atoms with Gasteiger partial charge >= 0.3 is 53.8 Å². The minimum Gasteiger partial charge on any atom is -0.793 e. The van der Waals surface area contributed by atoms with Crippen molar-refractivity contribution in [1.29, 1.82) is 0 Å². The molecule has 4 aromatic rings. The molecule has 4 heterocycles. The monoisotopic (exact) mass is 1020 g/mol. The fourth-order valence-electron chi connectivity index (χ4n) is 6.57. The molecule has 2 aliphatic heterocycles. The van der Waals surface area contributed by atoms with Gasteiger partial charge in [-0.15, -0.1) is 0 Å². The number of alkyl halides is 6. The van der Waals surface area contributed by atoms with Crippen LogP contribution in [0.2, 0.25) is 10.0 Å². The predicted octanol–water partition coefficient (Wildman–Crippen LogP) is 5.96. The van der Waals surface area contributed by atoms with Crippen LogP contribution in [0, 0.1) is 27.7 Å². The average molecular weight is 1020 g/mol. The van der Waals surface area contributed by atoms with Crippen LogP contribution in [0.3, 0.4) is 0 Å². The summed E-state index contributed by atoms with van der Waals surface area (Å²) in [5.41, 5.74) is 2.21. The second-order valence-electron chi connectivity index (χ2n) is 15.6. The normalized spacial score (nSPS) is 14.9. The number of nitrogens with zero attached hydrogens (tertiary/aromatic N) is 3. The van der Waals surface area contributed by atoms with E-state index in [1.54, 1.807) is 18.5 Å². The van der Waals surface area contributed by atoms with E-state index in [4.69, 9.17) is 23.2 Å². The molecule has 2 aromatic carbocycles. The summed E-state index contributed by atoms with van der Waals surface area (Å²) in [6.45, 7) is 14.4. The van der Waals surface area contributed by atoms with Crippen molar-refractivity contribution >= 4 is 55.4 Å². The Balaban J connectivity index is 0.000000486. The molecule has 6 rings (SSSR count). The zero-order valence-electron chi connectivity index (χ0n) is 39.4. The first kappa shape index (κ1) is 62.9. The van der Waals surface area contributed by atoms with Crippen LogP contribution in [0.1, 0.15) is 107 Å². The summed E-state index contributed by atoms with van der Waals surface area (Å²) in [5.74, 6) is -1.74. The SMILES string of the molecule is CC(=O)OOC(C)=O.Cc1nccc(C=O)c1C.Cc1nccc(CN2CCC(O)(c3ccc(Cl)c(C(F)(F)F)c3)CC2)c1C.OC1(c2ccc(Cl)c(C(F)(F)F)c2)CCNCC1.[B-]OC(C)=O.[Na+]. The number of hydrogen-bond donors (Lipinski definition) is 3. The van der Waals surface area contributed by atoms with Crippen LogP contribution in [-0.4, -0.2) is 83.5 Å². The van der Waals surface area contributed by atoms with Gasteiger partial charge in [0.25, 0.3) is 0 Å². The van der Waals surface area contributed by atoms with Crippen molar-refractivity contribution in [3.63, 3.8) is 0 Å². The molecule has 0 amide bonds. The van der Waals surface area contributed by atoms with Crippen LogP contribution < -0.4 is 34.9 Å². The van der Waals surface area contributed by atoms with E-state index in [1.807, 2.05) is 33.8 Å². The predicted molar refractivity (Wildman–Crippen MR) is 241 cm³/mol. The van der Waals surface area contributed by atoms with Crippen molar-refractivity contribution in [1.82, 2.24) is 20.2 Å². The Morgan fingerprint density at radius 1 is 0.725 bits per heavy atom. The fourth-order valence-corrected chi connectivity index (χ4v) is 7.02. The largest absolute Gasteiger partial charge is 1.00 e. The molecule has 0 saturated carbocycles. The fraction of sp³-hybridized carbons (Fsp3) is 0.435. The van der Waals surface area contributed by atoms with Gasteiger partial charge in [0.1, 0.15) is 6.29 Å². The van der Waals surface area contributed by atoms with E-state index in [0.29, 0.717) is 51.9 Å². The van der Waals surface area contributed by atoms with Gasteiger partial charge in [-0.2, -0.15) is 26.3 Å². The Kier molecular flexibility index (Phi) is 26.1. The molecule has 69 heavy (non-hydrogen) atoms. The van der Waals surface area contributed by atoms with E-state index in [2.05, 4.69) is 42.7 Å². The summed E-state index contributed by atoms with van der Waals surface area (Å²) < 4.78 is 81.2. The van der Waals surface area contributed by atoms with Gasteiger partial charge in [0.05, 0.1) is 32.4 Å². The van der Waals surface area contributed by atoms with Gasteiger partial charge < -0.3 is 28.2 Å². The molecular weight excluding hydrogens is 971 g/mol. The van der Waals surface area contributed by atoms with Gasteiger partial charge in [-0.3, -0.25) is 24.5 Å². The van der Waals surface area contributed by atoms with Crippen molar-refractivity contribution in [2.24, 2.45) is 0 Å². The van der Waals surface area contributed by atoms with E-state index >= 15 is 0 Å². The number of aldehydes is 1. The summed E-state index contributed by atoms with van der Waals surface area (Å²) in [6, 6.07) is 11.0. The van der Waals surface area contributed by atoms with Crippen molar-refractivity contribution in [3.05, 3.63) is 127 Å². The maximum absolute atomic E-state index is 13.1. The molecule has 13 nitrogen and oxygen atoms in total. The van der Waals surface area contributed by atoms with Crippen LogP contribution in [0.4, 0.5) is 26.3 Å². The van der Waals surface area contributed by atoms with E-state index < -0.39 is 52.6 Å². The summed E-state index contributed by atoms with van der Waals surface area (Å²) in [6.07, 6.45) is -3.24. The van der Waals surface area contributed by atoms with Crippen LogP contribution in [0.25, 0.3) is 0 Å². The number of piperidine rings is 2. The van der Waals surface area contributed by atoms with Crippen LogP contribution in [0.5, 0.6) is 0 Å². The summed E-state index contributed by atoms with van der Waals surface area (Å²) in [5, 5.41) is 23.7. The maximum atomic E-state index is 13.1. The van der Waals surface area contributed by atoms with Crippen molar-refractivity contribution < 1.29 is 99.7 Å². The Hall–Kier alpha value is -4.12. The number of nitrogens with one attached hydrogen (secondary N) is 1. The number of aliphatic hydroxyl groups is 2. The number of carbonyl (C=O) groups is 4. The number of likely N-dealkylation sites (tertiary alicyclic amines) is 1. The van der Waals surface area contributed by atoms with Gasteiger partial charge in [0.2, 0.25) is 5.97 Å². The topological polar surface area (TPSA) is 177 Å². The van der Waals surface area contributed by atoms with Gasteiger partial charge in [-0.05, 0) is 131 Å². The average Bonchev–Trinajstić information content (AvgIpc) is 3.27. The van der Waals surface area contributed by atoms with Crippen LogP contribution in [-0.2, 0) is 58.9 Å². The number of aryl methyl sites for hydroxylation is 2. The van der Waals surface area contributed by atoms with Crippen molar-refractivity contribution in [2.45, 2.75) is 104 Å². The molecule has 0 aliphatic carbocycles. The molecule has 3 radical (unpaired) electrons. The van der Waals surface area contributed by atoms with Crippen LogP contribution >= 0.6 is 23.2 Å². The zero-order chi connectivity index (χ0) is 51.6. The first-order chi connectivity index (χ1) is 31.6. The number of aromatic nitrogens is 2. The Labute approximate surface area is 430 Å². The third-order valence-electron chi connectivity index (χ3n) is 10.8. The second-order valence-corrected chi connectivity index (χ2v) is 16.5. The molecule has 0 spiro atoms. The number of rotatable bonds is 5. The number of benzene rings is 2. The summed E-state index contributed by atoms with van der Waals surface area (Å²) in [4.78, 5) is 57.6. The van der Waals surface area contributed by atoms with Crippen molar-refractivity contribution in [2.75, 3.05) is 26.2 Å². The molecule has 2 fully saturated rings. The second kappa shape index (κ2) is 28.7. The third-order valence-corrected chi connectivity index (χ3v) is 11.4. The molecule has 0 unspecified atom stereocenters. The standard InChI is InChI=1S/C20H22ClF3N2O.C12H13ClF3NO.C8H9NO.C4H6O4.C2H3BO2.Na/c1-13-14(2)25-8-5-15(13)12-26-9-6-19(27,7-10-26)16-3-4-18(21)17(11-16)20(22,23)24;13-10-2-1-8(7-9(10)12(14,15)16)11(18)3-5-17-6-4-11;1-6-7(2)9-4-3-8(6)5-10;1-3(5)7-8-4(2)6;1-2(4)5-3;/h3-5,8,11,27H,6-7,9-10,12H2,1-2H3;1-2,7,17-18H,3-6H2;3-5H,1-2H3;1-2H3;1H3;/q;;;;-1;+1. The van der Waals surface area contributed by atoms with Crippen LogP contribution in [0.15, 0.2) is 60.9 Å². The quantitative estimate of drug-likeness (QED) is 0.0703. The minimum atomic E-state index is -4.54. The number of hydrogen-bond acceptors (Lipinski definition) is 13. The summed E-state index contributed by atoms with van der Waals surface area (Å²) in [7, 11) is 4.32. The van der Waals surface area contributed by atoms with Gasteiger partial charge in [0, 0.05) is 69.8 Å². The molecule has 0 atom stereocenters. The van der Waals surface area contributed by atoms with Gasteiger partial charge in [-0.1, -0.05) is 35.3 Å².